The highest BCUT2D eigenvalue weighted by molar-refractivity contribution is 8.09. The van der Waals surface area contributed by atoms with Crippen LogP contribution in [0.1, 0.15) is 26.7 Å². The van der Waals surface area contributed by atoms with E-state index in [-0.39, 0.29) is 0 Å². The largest absolute Gasteiger partial charge is 0.161 e. The zero-order valence-electron chi connectivity index (χ0n) is 6.80. The summed E-state index contributed by atoms with van der Waals surface area (Å²) in [5, 5.41) is 2.03. The molecule has 0 aliphatic carbocycles. The summed E-state index contributed by atoms with van der Waals surface area (Å²) in [7, 11) is 0. The Hall–Kier alpha value is 0.700. The van der Waals surface area contributed by atoms with Crippen molar-refractivity contribution >= 4 is 23.5 Å². The van der Waals surface area contributed by atoms with Crippen LogP contribution in [0.15, 0.2) is 0 Å². The molecular formula is C8H16S2. The third-order valence-corrected chi connectivity index (χ3v) is 4.77. The average Bonchev–Trinajstić information content (AvgIpc) is 2.68. The van der Waals surface area contributed by atoms with Crippen LogP contribution in [0.25, 0.3) is 0 Å². The molecule has 1 aliphatic heterocycles. The molecule has 1 heterocycles. The van der Waals surface area contributed by atoms with E-state index in [4.69, 9.17) is 0 Å². The first kappa shape index (κ1) is 8.79. The monoisotopic (exact) mass is 176 g/mol. The van der Waals surface area contributed by atoms with Crippen molar-refractivity contribution in [3.63, 3.8) is 0 Å². The van der Waals surface area contributed by atoms with Gasteiger partial charge in [0, 0.05) is 16.3 Å². The lowest BCUT2D eigenvalue weighted by molar-refractivity contribution is 0.898. The lowest BCUT2D eigenvalue weighted by atomic mass is 10.3. The van der Waals surface area contributed by atoms with E-state index in [9.17, 15) is 0 Å². The Balaban J connectivity index is 1.87. The fourth-order valence-corrected chi connectivity index (χ4v) is 3.51. The minimum atomic E-state index is 1.02. The van der Waals surface area contributed by atoms with Crippen molar-refractivity contribution in [1.29, 1.82) is 0 Å². The van der Waals surface area contributed by atoms with Crippen LogP contribution in [0.5, 0.6) is 0 Å². The average molecular weight is 176 g/mol. The number of hydrogen-bond acceptors (Lipinski definition) is 2. The van der Waals surface area contributed by atoms with Gasteiger partial charge in [-0.2, -0.15) is 23.5 Å². The van der Waals surface area contributed by atoms with Crippen molar-refractivity contribution in [3.8, 4) is 0 Å². The van der Waals surface area contributed by atoms with E-state index in [1.807, 2.05) is 0 Å². The summed E-state index contributed by atoms with van der Waals surface area (Å²) < 4.78 is 0. The first-order valence-corrected chi connectivity index (χ1v) is 6.21. The summed E-state index contributed by atoms with van der Waals surface area (Å²) in [5.41, 5.74) is 0. The van der Waals surface area contributed by atoms with Crippen molar-refractivity contribution in [3.05, 3.63) is 0 Å². The second-order valence-corrected chi connectivity index (χ2v) is 5.33. The van der Waals surface area contributed by atoms with Gasteiger partial charge in [0.05, 0.1) is 0 Å². The molecule has 1 fully saturated rings. The van der Waals surface area contributed by atoms with Gasteiger partial charge in [0.2, 0.25) is 0 Å². The van der Waals surface area contributed by atoms with E-state index < -0.39 is 0 Å². The lowest BCUT2D eigenvalue weighted by Crippen LogP contribution is -1.95. The van der Waals surface area contributed by atoms with Crippen molar-refractivity contribution in [1.82, 2.24) is 0 Å². The number of thioether (sulfide) groups is 2. The highest BCUT2D eigenvalue weighted by Crippen LogP contribution is 2.45. The van der Waals surface area contributed by atoms with Gasteiger partial charge in [-0.3, -0.25) is 0 Å². The molecular weight excluding hydrogens is 160 g/mol. The molecule has 60 valence electrons. The summed E-state index contributed by atoms with van der Waals surface area (Å²) in [4.78, 5) is 0. The second kappa shape index (κ2) is 4.55. The quantitative estimate of drug-likeness (QED) is 0.466. The Bertz CT molecular complexity index is 93.3. The minimum Gasteiger partial charge on any atom is -0.161 e. The van der Waals surface area contributed by atoms with Crippen molar-refractivity contribution in [2.75, 3.05) is 11.5 Å². The van der Waals surface area contributed by atoms with E-state index in [1.54, 1.807) is 0 Å². The SMILES string of the molecule is CCCSCC1SC1CC. The Labute approximate surface area is 72.5 Å². The van der Waals surface area contributed by atoms with Crippen LogP contribution in [-0.4, -0.2) is 22.0 Å². The summed E-state index contributed by atoms with van der Waals surface area (Å²) in [6, 6.07) is 0. The van der Waals surface area contributed by atoms with Crippen LogP contribution in [0.4, 0.5) is 0 Å². The maximum absolute atomic E-state index is 2.29. The Morgan fingerprint density at radius 2 is 2.10 bits per heavy atom. The number of rotatable bonds is 5. The van der Waals surface area contributed by atoms with E-state index in [0.717, 1.165) is 10.5 Å². The Morgan fingerprint density at radius 1 is 1.30 bits per heavy atom. The molecule has 0 radical (unpaired) electrons. The molecule has 0 bridgehead atoms. The Kier molecular flexibility index (Phi) is 4.00. The predicted octanol–water partition coefficient (Wildman–Crippen LogP) is 3.02. The van der Waals surface area contributed by atoms with Gasteiger partial charge in [-0.05, 0) is 18.6 Å². The predicted molar refractivity (Wildman–Crippen MR) is 53.1 cm³/mol. The second-order valence-electron chi connectivity index (χ2n) is 2.70. The Morgan fingerprint density at radius 3 is 2.60 bits per heavy atom. The van der Waals surface area contributed by atoms with Crippen LogP contribution in [0.2, 0.25) is 0 Å². The molecule has 1 saturated heterocycles. The normalized spacial score (nSPS) is 30.6. The molecule has 2 heteroatoms. The molecule has 0 aromatic rings. The molecule has 0 aromatic heterocycles. The van der Waals surface area contributed by atoms with Gasteiger partial charge in [0.25, 0.3) is 0 Å². The maximum atomic E-state index is 2.29. The topological polar surface area (TPSA) is 0 Å². The summed E-state index contributed by atoms with van der Waals surface area (Å²) in [6.45, 7) is 4.55. The lowest BCUT2D eigenvalue weighted by Gasteiger charge is -1.94. The van der Waals surface area contributed by atoms with Crippen LogP contribution in [-0.2, 0) is 0 Å². The maximum Gasteiger partial charge on any atom is 0.0260 e. The van der Waals surface area contributed by atoms with Gasteiger partial charge in [-0.1, -0.05) is 13.8 Å². The van der Waals surface area contributed by atoms with Crippen LogP contribution in [0, 0.1) is 0 Å². The summed E-state index contributed by atoms with van der Waals surface area (Å²) in [5.74, 6) is 2.75. The molecule has 0 saturated carbocycles. The van der Waals surface area contributed by atoms with Gasteiger partial charge in [-0.15, -0.1) is 0 Å². The molecule has 2 unspecified atom stereocenters. The molecule has 0 spiro atoms. The molecule has 0 aromatic carbocycles. The zero-order chi connectivity index (χ0) is 7.40. The van der Waals surface area contributed by atoms with Gasteiger partial charge in [-0.25, -0.2) is 0 Å². The highest BCUT2D eigenvalue weighted by atomic mass is 32.2. The van der Waals surface area contributed by atoms with E-state index in [1.165, 1.54) is 24.3 Å². The van der Waals surface area contributed by atoms with Gasteiger partial charge < -0.3 is 0 Å². The van der Waals surface area contributed by atoms with E-state index in [0.29, 0.717) is 0 Å². The first-order valence-electron chi connectivity index (χ1n) is 4.11. The van der Waals surface area contributed by atoms with Crippen LogP contribution >= 0.6 is 23.5 Å². The zero-order valence-corrected chi connectivity index (χ0v) is 8.43. The molecule has 1 rings (SSSR count). The number of hydrogen-bond donors (Lipinski definition) is 0. The summed E-state index contributed by atoms with van der Waals surface area (Å²) in [6.07, 6.45) is 2.71. The highest BCUT2D eigenvalue weighted by Gasteiger charge is 2.35. The molecule has 1 aliphatic rings. The van der Waals surface area contributed by atoms with Crippen molar-refractivity contribution < 1.29 is 0 Å². The minimum absolute atomic E-state index is 1.02. The van der Waals surface area contributed by atoms with E-state index >= 15 is 0 Å². The standard InChI is InChI=1S/C8H16S2/c1-3-5-9-6-8-7(4-2)10-8/h7-8H,3-6H2,1-2H3. The molecule has 2 atom stereocenters. The molecule has 0 nitrogen and oxygen atoms in total. The third-order valence-electron chi connectivity index (χ3n) is 1.72. The smallest absolute Gasteiger partial charge is 0.0260 e. The van der Waals surface area contributed by atoms with Crippen molar-refractivity contribution in [2.45, 2.75) is 37.2 Å². The molecule has 10 heavy (non-hydrogen) atoms. The third kappa shape index (κ3) is 2.75. The van der Waals surface area contributed by atoms with Gasteiger partial charge in [0.15, 0.2) is 0 Å². The van der Waals surface area contributed by atoms with Gasteiger partial charge in [0.1, 0.15) is 0 Å². The summed E-state index contributed by atoms with van der Waals surface area (Å²) >= 11 is 4.29. The van der Waals surface area contributed by atoms with E-state index in [2.05, 4.69) is 37.4 Å². The fourth-order valence-electron chi connectivity index (χ4n) is 1.03. The van der Waals surface area contributed by atoms with Crippen molar-refractivity contribution in [2.24, 2.45) is 0 Å². The fraction of sp³-hybridized carbons (Fsp3) is 1.00. The first-order chi connectivity index (χ1) is 4.88. The molecule has 0 amide bonds. The van der Waals surface area contributed by atoms with Gasteiger partial charge >= 0.3 is 0 Å². The van der Waals surface area contributed by atoms with Crippen LogP contribution in [0.3, 0.4) is 0 Å². The molecule has 0 N–H and O–H groups in total. The van der Waals surface area contributed by atoms with Crippen LogP contribution < -0.4 is 0 Å².